The Balaban J connectivity index is 2.42. The van der Waals surface area contributed by atoms with Gasteiger partial charge in [-0.1, -0.05) is 44.2 Å². The quantitative estimate of drug-likeness (QED) is 0.680. The zero-order valence-corrected chi connectivity index (χ0v) is 15.6. The van der Waals surface area contributed by atoms with Crippen LogP contribution in [0.4, 0.5) is 4.79 Å². The summed E-state index contributed by atoms with van der Waals surface area (Å²) in [5, 5.41) is 5.62. The highest BCUT2D eigenvalue weighted by atomic mass is 16.5. The number of carbonyl (C=O) groups is 2. The number of ether oxygens (including phenoxy) is 2. The highest BCUT2D eigenvalue weighted by Gasteiger charge is 2.18. The second-order valence-corrected chi connectivity index (χ2v) is 6.38. The topological polar surface area (TPSA) is 76.7 Å². The summed E-state index contributed by atoms with van der Waals surface area (Å²) < 4.78 is 10.5. The van der Waals surface area contributed by atoms with E-state index in [1.54, 1.807) is 13.8 Å². The molecule has 0 aliphatic rings. The van der Waals surface area contributed by atoms with E-state index in [1.165, 1.54) is 0 Å². The lowest BCUT2D eigenvalue weighted by molar-refractivity contribution is -0.132. The fraction of sp³-hybridized carbons (Fsp3) is 0.579. The van der Waals surface area contributed by atoms with Gasteiger partial charge in [-0.05, 0) is 31.7 Å². The Morgan fingerprint density at radius 2 is 1.80 bits per heavy atom. The van der Waals surface area contributed by atoms with E-state index in [1.807, 2.05) is 30.3 Å². The fourth-order valence-electron chi connectivity index (χ4n) is 2.34. The van der Waals surface area contributed by atoms with Crippen molar-refractivity contribution in [3.8, 4) is 0 Å². The minimum Gasteiger partial charge on any atom is -0.450 e. The second kappa shape index (κ2) is 11.5. The maximum Gasteiger partial charge on any atom is 0.407 e. The van der Waals surface area contributed by atoms with Gasteiger partial charge >= 0.3 is 6.09 Å². The largest absolute Gasteiger partial charge is 0.450 e. The summed E-state index contributed by atoms with van der Waals surface area (Å²) in [6, 6.07) is 9.52. The van der Waals surface area contributed by atoms with E-state index in [9.17, 15) is 9.59 Å². The van der Waals surface area contributed by atoms with Gasteiger partial charge in [0.25, 0.3) is 0 Å². The van der Waals surface area contributed by atoms with Crippen molar-refractivity contribution in [3.05, 3.63) is 35.9 Å². The van der Waals surface area contributed by atoms with Crippen molar-refractivity contribution in [1.29, 1.82) is 0 Å². The Hall–Kier alpha value is -2.08. The zero-order chi connectivity index (χ0) is 18.7. The van der Waals surface area contributed by atoms with Crippen LogP contribution in [0.15, 0.2) is 30.3 Å². The monoisotopic (exact) mass is 350 g/mol. The summed E-state index contributed by atoms with van der Waals surface area (Å²) in [6.45, 7) is 8.64. The molecule has 0 bridgehead atoms. The van der Waals surface area contributed by atoms with Gasteiger partial charge in [-0.2, -0.15) is 0 Å². The first-order valence-electron chi connectivity index (χ1n) is 8.78. The van der Waals surface area contributed by atoms with Gasteiger partial charge in [0.15, 0.2) is 0 Å². The summed E-state index contributed by atoms with van der Waals surface area (Å²) in [5.74, 6) is 0.186. The fourth-order valence-corrected chi connectivity index (χ4v) is 2.34. The van der Waals surface area contributed by atoms with Gasteiger partial charge in [0.1, 0.15) is 6.10 Å². The number of hydrogen-bond acceptors (Lipinski definition) is 4. The molecule has 0 radical (unpaired) electrons. The van der Waals surface area contributed by atoms with Crippen LogP contribution in [0.3, 0.4) is 0 Å². The molecular formula is C19H30N2O4. The van der Waals surface area contributed by atoms with E-state index in [-0.39, 0.29) is 11.9 Å². The molecule has 2 N–H and O–H groups in total. The minimum absolute atomic E-state index is 0.177. The number of hydrogen-bond donors (Lipinski definition) is 2. The molecule has 0 aliphatic heterocycles. The second-order valence-electron chi connectivity index (χ2n) is 6.38. The number of rotatable bonds is 10. The molecule has 0 fully saturated rings. The van der Waals surface area contributed by atoms with Crippen molar-refractivity contribution in [3.63, 3.8) is 0 Å². The third kappa shape index (κ3) is 9.10. The number of benzene rings is 1. The average molecular weight is 350 g/mol. The van der Waals surface area contributed by atoms with Crippen LogP contribution in [0.1, 0.15) is 39.7 Å². The van der Waals surface area contributed by atoms with E-state index in [2.05, 4.69) is 24.5 Å². The molecule has 1 aromatic carbocycles. The van der Waals surface area contributed by atoms with Gasteiger partial charge in [-0.3, -0.25) is 4.79 Å². The molecule has 0 saturated heterocycles. The predicted octanol–water partition coefficient (Wildman–Crippen LogP) is 2.87. The molecule has 0 saturated carbocycles. The summed E-state index contributed by atoms with van der Waals surface area (Å²) >= 11 is 0. The van der Waals surface area contributed by atoms with E-state index in [4.69, 9.17) is 9.47 Å². The number of nitrogens with one attached hydrogen (secondary N) is 2. The molecule has 25 heavy (non-hydrogen) atoms. The van der Waals surface area contributed by atoms with Crippen LogP contribution in [0.25, 0.3) is 0 Å². The Morgan fingerprint density at radius 1 is 1.12 bits per heavy atom. The molecule has 0 spiro atoms. The highest BCUT2D eigenvalue weighted by molar-refractivity contribution is 5.80. The summed E-state index contributed by atoms with van der Waals surface area (Å²) in [5.41, 5.74) is 1.02. The van der Waals surface area contributed by atoms with Crippen LogP contribution >= 0.6 is 0 Å². The molecule has 0 aromatic heterocycles. The van der Waals surface area contributed by atoms with Crippen LogP contribution in [0, 0.1) is 5.92 Å². The van der Waals surface area contributed by atoms with E-state index >= 15 is 0 Å². The zero-order valence-electron chi connectivity index (χ0n) is 15.6. The molecule has 0 heterocycles. The molecule has 0 unspecified atom stereocenters. The minimum atomic E-state index is -0.567. The van der Waals surface area contributed by atoms with Crippen molar-refractivity contribution in [1.82, 2.24) is 10.6 Å². The number of carbonyl (C=O) groups excluding carboxylic acids is 2. The molecule has 1 aromatic rings. The third-order valence-corrected chi connectivity index (χ3v) is 3.59. The Kier molecular flexibility index (Phi) is 9.62. The van der Waals surface area contributed by atoms with Gasteiger partial charge in [0.05, 0.1) is 13.2 Å². The maximum atomic E-state index is 12.2. The van der Waals surface area contributed by atoms with Crippen LogP contribution in [0.5, 0.6) is 0 Å². The van der Waals surface area contributed by atoms with Gasteiger partial charge in [0, 0.05) is 12.6 Å². The third-order valence-electron chi connectivity index (χ3n) is 3.59. The molecular weight excluding hydrogens is 320 g/mol. The van der Waals surface area contributed by atoms with Crippen molar-refractivity contribution in [2.45, 2.75) is 52.9 Å². The predicted molar refractivity (Wildman–Crippen MR) is 97.1 cm³/mol. The van der Waals surface area contributed by atoms with Crippen LogP contribution in [-0.4, -0.2) is 37.3 Å². The van der Waals surface area contributed by atoms with Crippen molar-refractivity contribution >= 4 is 12.0 Å². The lowest BCUT2D eigenvalue weighted by atomic mass is 10.0. The standard InChI is InChI=1S/C19H30N2O4/c1-5-24-19(23)21-17(11-14(2)3)12-20-18(22)15(4)25-13-16-9-7-6-8-10-16/h6-10,14-15,17H,5,11-13H2,1-4H3,(H,20,22)(H,21,23)/t15-,17+/m1/s1. The van der Waals surface area contributed by atoms with E-state index < -0.39 is 12.2 Å². The molecule has 1 rings (SSSR count). The molecule has 2 amide bonds. The van der Waals surface area contributed by atoms with Gasteiger partial charge < -0.3 is 20.1 Å². The molecule has 6 heteroatoms. The normalized spacial score (nSPS) is 13.2. The first-order valence-corrected chi connectivity index (χ1v) is 8.78. The Bertz CT molecular complexity index is 519. The van der Waals surface area contributed by atoms with Crippen molar-refractivity contribution < 1.29 is 19.1 Å². The summed E-state index contributed by atoms with van der Waals surface area (Å²) in [6.07, 6.45) is -0.281. The average Bonchev–Trinajstić information content (AvgIpc) is 2.57. The van der Waals surface area contributed by atoms with Crippen LogP contribution < -0.4 is 10.6 Å². The lowest BCUT2D eigenvalue weighted by Crippen LogP contribution is -2.46. The van der Waals surface area contributed by atoms with Crippen LogP contribution in [-0.2, 0) is 20.9 Å². The molecule has 140 valence electrons. The molecule has 2 atom stereocenters. The van der Waals surface area contributed by atoms with E-state index in [0.717, 1.165) is 12.0 Å². The maximum absolute atomic E-state index is 12.2. The number of alkyl carbamates (subject to hydrolysis) is 1. The smallest absolute Gasteiger partial charge is 0.407 e. The highest BCUT2D eigenvalue weighted by Crippen LogP contribution is 2.06. The lowest BCUT2D eigenvalue weighted by Gasteiger charge is -2.22. The van der Waals surface area contributed by atoms with Gasteiger partial charge in [0.2, 0.25) is 5.91 Å². The van der Waals surface area contributed by atoms with Gasteiger partial charge in [-0.15, -0.1) is 0 Å². The van der Waals surface area contributed by atoms with Gasteiger partial charge in [-0.25, -0.2) is 4.79 Å². The number of amides is 2. The Labute approximate surface area is 150 Å². The SMILES string of the molecule is CCOC(=O)N[C@H](CNC(=O)[C@@H](C)OCc1ccccc1)CC(C)C. The molecule has 6 nitrogen and oxygen atoms in total. The first kappa shape index (κ1) is 21.0. The van der Waals surface area contributed by atoms with Crippen molar-refractivity contribution in [2.24, 2.45) is 5.92 Å². The first-order chi connectivity index (χ1) is 11.9. The summed E-state index contributed by atoms with van der Waals surface area (Å²) in [7, 11) is 0. The summed E-state index contributed by atoms with van der Waals surface area (Å²) in [4.78, 5) is 23.8. The van der Waals surface area contributed by atoms with Crippen LogP contribution in [0.2, 0.25) is 0 Å². The van der Waals surface area contributed by atoms with E-state index in [0.29, 0.717) is 25.7 Å². The molecule has 0 aliphatic carbocycles. The Morgan fingerprint density at radius 3 is 2.40 bits per heavy atom. The van der Waals surface area contributed by atoms with Crippen molar-refractivity contribution in [2.75, 3.05) is 13.2 Å².